The average Bonchev–Trinajstić information content (AvgIpc) is 2.91. The predicted octanol–water partition coefficient (Wildman–Crippen LogP) is 2.77. The molecule has 0 radical (unpaired) electrons. The molecule has 5 heteroatoms. The molecule has 0 bridgehead atoms. The molecule has 4 nitrogen and oxygen atoms in total. The Morgan fingerprint density at radius 3 is 3.00 bits per heavy atom. The number of amides is 1. The van der Waals surface area contributed by atoms with E-state index in [0.29, 0.717) is 24.3 Å². The van der Waals surface area contributed by atoms with E-state index in [2.05, 4.69) is 10.6 Å². The van der Waals surface area contributed by atoms with E-state index < -0.39 is 0 Å². The van der Waals surface area contributed by atoms with Gasteiger partial charge >= 0.3 is 0 Å². The maximum Gasteiger partial charge on any atom is 0.224 e. The van der Waals surface area contributed by atoms with Gasteiger partial charge in [-0.05, 0) is 31.0 Å². The largest absolute Gasteiger partial charge is 0.380 e. The van der Waals surface area contributed by atoms with E-state index in [4.69, 9.17) is 4.74 Å². The average molecular weight is 266 g/mol. The summed E-state index contributed by atoms with van der Waals surface area (Å²) in [6, 6.07) is 4.65. The second-order valence-corrected chi connectivity index (χ2v) is 4.61. The highest BCUT2D eigenvalue weighted by Crippen LogP contribution is 2.20. The van der Waals surface area contributed by atoms with E-state index in [1.165, 1.54) is 6.07 Å². The number of hydrogen-bond acceptors (Lipinski definition) is 3. The molecule has 1 saturated heterocycles. The molecule has 2 N–H and O–H groups in total. The van der Waals surface area contributed by atoms with E-state index in [1.807, 2.05) is 0 Å². The van der Waals surface area contributed by atoms with Gasteiger partial charge in [0.05, 0.1) is 11.8 Å². The molecule has 1 amide bonds. The van der Waals surface area contributed by atoms with Crippen molar-refractivity contribution in [3.63, 3.8) is 0 Å². The molecular formula is C14H19FN2O2. The number of carbonyl (C=O) groups excluding carboxylic acids is 1. The molecule has 0 saturated carbocycles. The molecule has 1 atom stereocenters. The monoisotopic (exact) mass is 266 g/mol. The summed E-state index contributed by atoms with van der Waals surface area (Å²) in [6.45, 7) is 3.15. The molecule has 1 aliphatic heterocycles. The first-order valence-electron chi connectivity index (χ1n) is 6.64. The molecular weight excluding hydrogens is 247 g/mol. The lowest BCUT2D eigenvalue weighted by Crippen LogP contribution is -2.19. The van der Waals surface area contributed by atoms with E-state index in [0.717, 1.165) is 19.4 Å². The molecule has 1 fully saturated rings. The molecule has 1 aliphatic rings. The van der Waals surface area contributed by atoms with Gasteiger partial charge in [0.15, 0.2) is 0 Å². The summed E-state index contributed by atoms with van der Waals surface area (Å²) in [5.41, 5.74) is 0.914. The minimum absolute atomic E-state index is 0.125. The highest BCUT2D eigenvalue weighted by Gasteiger charge is 2.15. The Balaban J connectivity index is 1.92. The second-order valence-electron chi connectivity index (χ2n) is 4.61. The Hall–Kier alpha value is -1.62. The smallest absolute Gasteiger partial charge is 0.224 e. The van der Waals surface area contributed by atoms with E-state index in [-0.39, 0.29) is 17.8 Å². The fourth-order valence-corrected chi connectivity index (χ4v) is 2.01. The first kappa shape index (κ1) is 13.8. The summed E-state index contributed by atoms with van der Waals surface area (Å²) in [7, 11) is 0. The highest BCUT2D eigenvalue weighted by molar-refractivity contribution is 5.90. The fraction of sp³-hybridized carbons (Fsp3) is 0.500. The first-order valence-corrected chi connectivity index (χ1v) is 6.64. The molecule has 1 aromatic carbocycles. The Kier molecular flexibility index (Phi) is 4.74. The number of rotatable bonds is 5. The number of benzene rings is 1. The van der Waals surface area contributed by atoms with Crippen molar-refractivity contribution in [3.8, 4) is 0 Å². The van der Waals surface area contributed by atoms with Crippen LogP contribution >= 0.6 is 0 Å². The maximum atomic E-state index is 13.8. The van der Waals surface area contributed by atoms with Gasteiger partial charge in [0.1, 0.15) is 5.82 Å². The second kappa shape index (κ2) is 6.52. The van der Waals surface area contributed by atoms with Crippen LogP contribution in [0.2, 0.25) is 0 Å². The van der Waals surface area contributed by atoms with Gasteiger partial charge in [0.25, 0.3) is 0 Å². The Labute approximate surface area is 112 Å². The van der Waals surface area contributed by atoms with Crippen LogP contribution in [0.25, 0.3) is 0 Å². The van der Waals surface area contributed by atoms with Gasteiger partial charge in [-0.3, -0.25) is 4.79 Å². The summed E-state index contributed by atoms with van der Waals surface area (Å²) in [4.78, 5) is 11.2. The van der Waals surface area contributed by atoms with Gasteiger partial charge in [-0.1, -0.05) is 6.92 Å². The topological polar surface area (TPSA) is 50.4 Å². The van der Waals surface area contributed by atoms with Crippen LogP contribution in [0.3, 0.4) is 0 Å². The highest BCUT2D eigenvalue weighted by atomic mass is 19.1. The quantitative estimate of drug-likeness (QED) is 0.861. The van der Waals surface area contributed by atoms with Crippen LogP contribution in [0.4, 0.5) is 15.8 Å². The van der Waals surface area contributed by atoms with Gasteiger partial charge in [-0.25, -0.2) is 4.39 Å². The number of anilines is 2. The lowest BCUT2D eigenvalue weighted by atomic mass is 10.2. The molecule has 0 aliphatic carbocycles. The number of halogens is 1. The zero-order chi connectivity index (χ0) is 13.7. The zero-order valence-corrected chi connectivity index (χ0v) is 11.0. The van der Waals surface area contributed by atoms with Gasteiger partial charge in [-0.15, -0.1) is 0 Å². The molecule has 0 aromatic heterocycles. The third kappa shape index (κ3) is 3.92. The predicted molar refractivity (Wildman–Crippen MR) is 72.8 cm³/mol. The third-order valence-electron chi connectivity index (χ3n) is 3.12. The first-order chi connectivity index (χ1) is 9.19. The van der Waals surface area contributed by atoms with Crippen molar-refractivity contribution in [1.82, 2.24) is 0 Å². The van der Waals surface area contributed by atoms with Crippen molar-refractivity contribution < 1.29 is 13.9 Å². The van der Waals surface area contributed by atoms with Crippen LogP contribution in [0, 0.1) is 5.82 Å². The molecule has 104 valence electrons. The third-order valence-corrected chi connectivity index (χ3v) is 3.12. The van der Waals surface area contributed by atoms with Gasteiger partial charge in [0, 0.05) is 25.3 Å². The van der Waals surface area contributed by atoms with Gasteiger partial charge < -0.3 is 15.4 Å². The number of ether oxygens (including phenoxy) is 1. The fourth-order valence-electron chi connectivity index (χ4n) is 2.01. The van der Waals surface area contributed by atoms with Crippen molar-refractivity contribution in [2.45, 2.75) is 32.3 Å². The number of hydrogen-bond donors (Lipinski definition) is 2. The van der Waals surface area contributed by atoms with Crippen molar-refractivity contribution >= 4 is 17.3 Å². The molecule has 19 heavy (non-hydrogen) atoms. The van der Waals surface area contributed by atoms with Crippen LogP contribution < -0.4 is 10.6 Å². The van der Waals surface area contributed by atoms with E-state index in [9.17, 15) is 9.18 Å². The Morgan fingerprint density at radius 2 is 2.37 bits per heavy atom. The molecule has 2 rings (SSSR count). The van der Waals surface area contributed by atoms with Crippen LogP contribution in [-0.4, -0.2) is 25.2 Å². The Bertz CT molecular complexity index is 445. The molecule has 0 spiro atoms. The van der Waals surface area contributed by atoms with E-state index >= 15 is 0 Å². The van der Waals surface area contributed by atoms with Crippen molar-refractivity contribution in [1.29, 1.82) is 0 Å². The summed E-state index contributed by atoms with van der Waals surface area (Å²) in [5.74, 6) is -0.494. The van der Waals surface area contributed by atoms with Crippen molar-refractivity contribution in [3.05, 3.63) is 24.0 Å². The maximum absolute atomic E-state index is 13.8. The molecule has 1 aromatic rings. The summed E-state index contributed by atoms with van der Waals surface area (Å²) >= 11 is 0. The Morgan fingerprint density at radius 1 is 1.53 bits per heavy atom. The SMILES string of the molecule is CCC(=O)Nc1ccc(NCC2CCCO2)c(F)c1. The minimum atomic E-state index is -0.369. The van der Waals surface area contributed by atoms with Gasteiger partial charge in [-0.2, -0.15) is 0 Å². The standard InChI is InChI=1S/C14H19FN2O2/c1-2-14(18)17-10-5-6-13(12(15)8-10)16-9-11-4-3-7-19-11/h5-6,8,11,16H,2-4,7,9H2,1H3,(H,17,18). The normalized spacial score (nSPS) is 18.3. The van der Waals surface area contributed by atoms with Crippen LogP contribution in [-0.2, 0) is 9.53 Å². The minimum Gasteiger partial charge on any atom is -0.380 e. The summed E-state index contributed by atoms with van der Waals surface area (Å²) < 4.78 is 19.3. The number of carbonyl (C=O) groups is 1. The number of nitrogens with one attached hydrogen (secondary N) is 2. The lowest BCUT2D eigenvalue weighted by Gasteiger charge is -2.13. The lowest BCUT2D eigenvalue weighted by molar-refractivity contribution is -0.115. The molecule has 1 unspecified atom stereocenters. The van der Waals surface area contributed by atoms with Crippen molar-refractivity contribution in [2.75, 3.05) is 23.8 Å². The van der Waals surface area contributed by atoms with Crippen LogP contribution in [0.5, 0.6) is 0 Å². The van der Waals surface area contributed by atoms with Gasteiger partial charge in [0.2, 0.25) is 5.91 Å². The zero-order valence-electron chi connectivity index (χ0n) is 11.0. The summed E-state index contributed by atoms with van der Waals surface area (Å²) in [6.07, 6.45) is 2.62. The van der Waals surface area contributed by atoms with Crippen LogP contribution in [0.15, 0.2) is 18.2 Å². The van der Waals surface area contributed by atoms with E-state index in [1.54, 1.807) is 19.1 Å². The van der Waals surface area contributed by atoms with Crippen LogP contribution in [0.1, 0.15) is 26.2 Å². The van der Waals surface area contributed by atoms with Crippen molar-refractivity contribution in [2.24, 2.45) is 0 Å². The summed E-state index contributed by atoms with van der Waals surface area (Å²) in [5, 5.41) is 5.66. The molecule has 1 heterocycles.